The lowest BCUT2D eigenvalue weighted by Gasteiger charge is -2.37. The molecule has 0 saturated carbocycles. The summed E-state index contributed by atoms with van der Waals surface area (Å²) in [7, 11) is 6.29. The summed E-state index contributed by atoms with van der Waals surface area (Å²) in [6.45, 7) is 59.1. The SMILES string of the molecule is CCCC[N+](CC)(CCC)CCOC(=O)C1CCc2ccccc21.CCCC[N+](CC)(CCC)CCOC(=O)c1cccc2ccccc12.CCC[N+](CC)(CCC)CCOC(=O)C1CCc2ccccc21.CCC[N+](CC)(CCC)CCOC(=O)c1cccc2ccccc12.CC[N+](CC)(CC)CCOC(=O)C1CCc2ccccc21.C[N+](C)(C)CCOC(=O)C1CCc2ccccc21. The molecule has 4 aliphatic rings. The van der Waals surface area contributed by atoms with E-state index in [2.05, 4.69) is 180 Å². The van der Waals surface area contributed by atoms with E-state index >= 15 is 0 Å². The number of likely N-dealkylation sites (N-methyl/N-ethyl adjacent to an activating group) is 6. The van der Waals surface area contributed by atoms with E-state index in [0.29, 0.717) is 50.8 Å². The Kier molecular flexibility index (Phi) is 49.5. The topological polar surface area (TPSA) is 158 Å². The zero-order valence-electron chi connectivity index (χ0n) is 87.0. The molecule has 0 spiro atoms. The minimum Gasteiger partial charge on any atom is -0.459 e. The molecule has 0 bridgehead atoms. The second kappa shape index (κ2) is 59.2. The summed E-state index contributed by atoms with van der Waals surface area (Å²) in [6.07, 6.45) is 19.5. The van der Waals surface area contributed by atoms with Crippen LogP contribution in [0.15, 0.2) is 182 Å². The van der Waals surface area contributed by atoms with Crippen molar-refractivity contribution in [3.63, 3.8) is 0 Å². The first-order chi connectivity index (χ1) is 65.2. The average molecular weight is 1860 g/mol. The second-order valence-electron chi connectivity index (χ2n) is 39.2. The Balaban J connectivity index is 0.000000221. The Morgan fingerprint density at radius 1 is 0.244 bits per heavy atom. The maximum absolute atomic E-state index is 12.6. The fourth-order valence-corrected chi connectivity index (χ4v) is 20.9. The molecule has 0 fully saturated rings. The van der Waals surface area contributed by atoms with Gasteiger partial charge in [-0.3, -0.25) is 19.2 Å². The predicted molar refractivity (Wildman–Crippen MR) is 555 cm³/mol. The van der Waals surface area contributed by atoms with Crippen LogP contribution in [0.4, 0.5) is 0 Å². The van der Waals surface area contributed by atoms with Crippen molar-refractivity contribution >= 4 is 57.4 Å². The molecule has 8 aromatic carbocycles. The van der Waals surface area contributed by atoms with Crippen molar-refractivity contribution < 1.29 is 84.1 Å². The Bertz CT molecular complexity index is 4810. The molecule has 0 aliphatic heterocycles. The van der Waals surface area contributed by atoms with Crippen LogP contribution in [0.1, 0.15) is 283 Å². The molecule has 6 atom stereocenters. The van der Waals surface area contributed by atoms with E-state index in [-0.39, 0.29) is 59.5 Å². The molecule has 18 heteroatoms. The fourth-order valence-electron chi connectivity index (χ4n) is 20.9. The molecule has 0 heterocycles. The lowest BCUT2D eigenvalue weighted by Crippen LogP contribution is -2.51. The molecular formula is C117H178N6O12+6. The maximum atomic E-state index is 12.6. The van der Waals surface area contributed by atoms with Crippen molar-refractivity contribution in [3.8, 4) is 0 Å². The quantitative estimate of drug-likeness (QED) is 0.0202. The first-order valence-corrected chi connectivity index (χ1v) is 52.6. The van der Waals surface area contributed by atoms with Crippen molar-refractivity contribution in [2.45, 2.75) is 243 Å². The first-order valence-electron chi connectivity index (χ1n) is 52.6. The van der Waals surface area contributed by atoms with Gasteiger partial charge >= 0.3 is 35.8 Å². The summed E-state index contributed by atoms with van der Waals surface area (Å²) in [5.74, 6) is -0.777. The molecule has 18 nitrogen and oxygen atoms in total. The Morgan fingerprint density at radius 3 is 0.733 bits per heavy atom. The monoisotopic (exact) mass is 1860 g/mol. The largest absolute Gasteiger partial charge is 0.459 e. The van der Waals surface area contributed by atoms with Crippen LogP contribution in [0.3, 0.4) is 0 Å². The third kappa shape index (κ3) is 34.5. The van der Waals surface area contributed by atoms with Gasteiger partial charge in [0.05, 0.1) is 154 Å². The maximum Gasteiger partial charge on any atom is 0.338 e. The number of quaternary nitrogens is 6. The van der Waals surface area contributed by atoms with E-state index in [0.717, 1.165) is 229 Å². The zero-order valence-corrected chi connectivity index (χ0v) is 87.0. The second-order valence-corrected chi connectivity index (χ2v) is 39.2. The zero-order chi connectivity index (χ0) is 98.1. The third-order valence-corrected chi connectivity index (χ3v) is 29.6. The summed E-state index contributed by atoms with van der Waals surface area (Å²) in [5, 5.41) is 4.07. The molecule has 0 aromatic heterocycles. The molecule has 12 rings (SSSR count). The van der Waals surface area contributed by atoms with Gasteiger partial charge in [0, 0.05) is 0 Å². The molecule has 0 saturated heterocycles. The van der Waals surface area contributed by atoms with Crippen molar-refractivity contribution in [2.24, 2.45) is 0 Å². The van der Waals surface area contributed by atoms with E-state index < -0.39 is 0 Å². The van der Waals surface area contributed by atoms with E-state index in [1.54, 1.807) is 0 Å². The van der Waals surface area contributed by atoms with Crippen LogP contribution < -0.4 is 0 Å². The van der Waals surface area contributed by atoms with Gasteiger partial charge in [0.15, 0.2) is 0 Å². The number of nitrogens with zero attached hydrogens (tertiary/aromatic N) is 6. The van der Waals surface area contributed by atoms with Crippen molar-refractivity contribution in [3.05, 3.63) is 238 Å². The van der Waals surface area contributed by atoms with Gasteiger partial charge in [-0.25, -0.2) is 9.59 Å². The third-order valence-electron chi connectivity index (χ3n) is 29.6. The predicted octanol–water partition coefficient (Wildman–Crippen LogP) is 23.0. The molecule has 0 radical (unpaired) electrons. The van der Waals surface area contributed by atoms with Gasteiger partial charge in [-0.1, -0.05) is 238 Å². The van der Waals surface area contributed by atoms with Gasteiger partial charge in [-0.05, 0) is 229 Å². The van der Waals surface area contributed by atoms with Gasteiger partial charge < -0.3 is 55.3 Å². The number of carbonyl (C=O) groups is 6. The van der Waals surface area contributed by atoms with E-state index in [1.165, 1.54) is 117 Å². The number of hydrogen-bond donors (Lipinski definition) is 0. The molecule has 135 heavy (non-hydrogen) atoms. The highest BCUT2D eigenvalue weighted by atomic mass is 16.6. The Morgan fingerprint density at radius 2 is 0.474 bits per heavy atom. The van der Waals surface area contributed by atoms with Crippen LogP contribution in [-0.4, -0.2) is 261 Å². The highest BCUT2D eigenvalue weighted by Gasteiger charge is 2.37. The Labute approximate surface area is 815 Å². The first kappa shape index (κ1) is 113. The summed E-state index contributed by atoms with van der Waals surface area (Å²) in [6, 6.07) is 60.5. The number of hydrogen-bond acceptors (Lipinski definition) is 12. The van der Waals surface area contributed by atoms with E-state index in [4.69, 9.17) is 28.4 Å². The molecular weight excluding hydrogens is 1680 g/mol. The number of unbranched alkanes of at least 4 members (excludes halogenated alkanes) is 2. The summed E-state index contributed by atoms with van der Waals surface area (Å²) in [4.78, 5) is 74.5. The van der Waals surface area contributed by atoms with Crippen molar-refractivity contribution in [2.75, 3.05) is 198 Å². The standard InChI is InChI=1S/C22H32NO2.C21H30NO2.C21H34NO2.C20H32NO2.C18H28NO2.C15H22NO2/c1-4-7-16-23(6-3,15-5-2)17-18-25-22(24)21-14-10-12-19-11-8-9-13-20(19)21;1-4-14-22(6-3,15-5-2)16-17-24-21(23)20-13-9-11-18-10-7-8-12-19(18)20;1-4-7-15-22(6-3,14-5-2)16-17-24-21(23)20-13-12-18-10-8-9-11-19(18)20;1-4-13-21(6-3,14-5-2)15-16-23-20(22)19-12-11-17-9-7-8-10-18(17)19;1-4-19(5-2,6-3)13-14-21-18(20)17-12-11-15-9-7-8-10-16(15)17;1-16(2,3)10-11-18-15(17)14-9-8-12-6-4-5-7-13(12)14/h8-14H,4-7,15-18H2,1-3H3;7-13H,4-6,14-17H2,1-3H3;8-11,20H,4-7,12-17H2,1-3H3;7-10,19H,4-6,11-16H2,1-3H3;7-10,17H,4-6,11-14H2,1-3H3;4-7,14H,8-11H2,1-3H3/q6*+1. The Hall–Kier alpha value is -9.14. The van der Waals surface area contributed by atoms with Gasteiger partial charge in [0.25, 0.3) is 0 Å². The molecule has 0 amide bonds. The number of benzene rings is 8. The minimum atomic E-state index is -0.214. The number of ether oxygens (including phenoxy) is 6. The number of carbonyl (C=O) groups excluding carboxylic acids is 6. The van der Waals surface area contributed by atoms with E-state index in [9.17, 15) is 28.8 Å². The van der Waals surface area contributed by atoms with E-state index in [1.807, 2.05) is 127 Å². The van der Waals surface area contributed by atoms with Crippen LogP contribution in [0.2, 0.25) is 0 Å². The van der Waals surface area contributed by atoms with Crippen LogP contribution in [0.5, 0.6) is 0 Å². The van der Waals surface area contributed by atoms with Crippen molar-refractivity contribution in [1.82, 2.24) is 0 Å². The molecule has 0 N–H and O–H groups in total. The lowest BCUT2D eigenvalue weighted by molar-refractivity contribution is -0.927. The van der Waals surface area contributed by atoms with Gasteiger partial charge in [-0.2, -0.15) is 0 Å². The number of fused-ring (bicyclic) bond motifs is 6. The summed E-state index contributed by atoms with van der Waals surface area (Å²) >= 11 is 0. The number of rotatable bonds is 49. The molecule has 8 aromatic rings. The smallest absolute Gasteiger partial charge is 0.338 e. The highest BCUT2D eigenvalue weighted by Crippen LogP contribution is 2.38. The average Bonchev–Trinajstić information content (AvgIpc) is 1.79. The number of esters is 6. The van der Waals surface area contributed by atoms with Gasteiger partial charge in [0.1, 0.15) is 78.9 Å². The van der Waals surface area contributed by atoms with Crippen LogP contribution in [0.25, 0.3) is 21.5 Å². The van der Waals surface area contributed by atoms with Crippen molar-refractivity contribution in [1.29, 1.82) is 0 Å². The summed E-state index contributed by atoms with van der Waals surface area (Å²) < 4.78 is 39.8. The molecule has 6 unspecified atom stereocenters. The van der Waals surface area contributed by atoms with Crippen LogP contribution in [0, 0.1) is 0 Å². The van der Waals surface area contributed by atoms with Crippen LogP contribution >= 0.6 is 0 Å². The fraction of sp³-hybridized carbons (Fsp3) is 0.573. The lowest BCUT2D eigenvalue weighted by atomic mass is 10.0. The molecule has 4 aliphatic carbocycles. The number of aryl methyl sites for hydroxylation is 4. The highest BCUT2D eigenvalue weighted by molar-refractivity contribution is 6.05. The molecule has 742 valence electrons. The minimum absolute atomic E-state index is 0.0267. The van der Waals surface area contributed by atoms with Gasteiger partial charge in [-0.15, -0.1) is 0 Å². The normalized spacial score (nSPS) is 16.0. The summed E-state index contributed by atoms with van der Waals surface area (Å²) in [5.41, 5.74) is 11.2. The van der Waals surface area contributed by atoms with Crippen LogP contribution in [-0.2, 0) is 73.3 Å². The van der Waals surface area contributed by atoms with Gasteiger partial charge in [0.2, 0.25) is 0 Å².